The van der Waals surface area contributed by atoms with E-state index in [1.165, 1.54) is 0 Å². The molecule has 1 aliphatic rings. The van der Waals surface area contributed by atoms with Gasteiger partial charge in [0.25, 0.3) is 6.43 Å². The zero-order chi connectivity index (χ0) is 28.0. The lowest BCUT2D eigenvalue weighted by Crippen LogP contribution is -2.57. The Morgan fingerprint density at radius 3 is 1.94 bits per heavy atom. The number of hydrogen-bond acceptors (Lipinski definition) is 8. The summed E-state index contributed by atoms with van der Waals surface area (Å²) in [6.07, 6.45) is -12.8. The summed E-state index contributed by atoms with van der Waals surface area (Å²) in [5.74, 6) is -4.74. The van der Waals surface area contributed by atoms with Gasteiger partial charge in [-0.2, -0.15) is 36.4 Å². The molecule has 1 aliphatic heterocycles. The standard InChI is InChI=1S/C13H17F2N7.2C2HF3O2/c1-6-10(20-21-11(6)12(14)15)8-3-9(19-13(16)18-8)22-4-7(5-22)17-2;2*3-2(4,5)1(6)7/h3,7,12,17H,4-5H2,1-2H3,(H,20,21)(H2,16,18,19);2*(H,6,7). The normalized spacial score (nSPS) is 13.8. The van der Waals surface area contributed by atoms with Gasteiger partial charge in [0.2, 0.25) is 5.95 Å². The number of carboxylic acids is 2. The van der Waals surface area contributed by atoms with Gasteiger partial charge < -0.3 is 26.2 Å². The van der Waals surface area contributed by atoms with Crippen LogP contribution in [0.5, 0.6) is 0 Å². The van der Waals surface area contributed by atoms with Gasteiger partial charge in [0.15, 0.2) is 0 Å². The van der Waals surface area contributed by atoms with Gasteiger partial charge in [0.05, 0.1) is 5.69 Å². The molecule has 0 spiro atoms. The summed E-state index contributed by atoms with van der Waals surface area (Å²) < 4.78 is 89.2. The Balaban J connectivity index is 0.000000383. The van der Waals surface area contributed by atoms with Crippen molar-refractivity contribution in [1.29, 1.82) is 0 Å². The first-order valence-electron chi connectivity index (χ1n) is 9.38. The summed E-state index contributed by atoms with van der Waals surface area (Å²) in [5.41, 5.74) is 6.73. The van der Waals surface area contributed by atoms with Crippen LogP contribution >= 0.6 is 0 Å². The van der Waals surface area contributed by atoms with E-state index in [0.717, 1.165) is 13.1 Å². The van der Waals surface area contributed by atoms with Gasteiger partial charge in [-0.1, -0.05) is 0 Å². The fraction of sp³-hybridized carbons (Fsp3) is 0.471. The van der Waals surface area contributed by atoms with Crippen molar-refractivity contribution in [2.45, 2.75) is 31.7 Å². The van der Waals surface area contributed by atoms with Crippen molar-refractivity contribution in [3.63, 3.8) is 0 Å². The van der Waals surface area contributed by atoms with E-state index in [1.807, 2.05) is 11.9 Å². The molecule has 2 aromatic rings. The Labute approximate surface area is 196 Å². The number of aliphatic carboxylic acids is 2. The third-order valence-electron chi connectivity index (χ3n) is 4.34. The largest absolute Gasteiger partial charge is 0.490 e. The van der Waals surface area contributed by atoms with Crippen molar-refractivity contribution < 1.29 is 54.9 Å². The number of alkyl halides is 8. The lowest BCUT2D eigenvalue weighted by atomic mass is 10.1. The summed E-state index contributed by atoms with van der Waals surface area (Å²) in [7, 11) is 1.90. The van der Waals surface area contributed by atoms with E-state index in [1.54, 1.807) is 13.0 Å². The lowest BCUT2D eigenvalue weighted by molar-refractivity contribution is -0.193. The average molecular weight is 537 g/mol. The third kappa shape index (κ3) is 8.47. The molecule has 11 nitrogen and oxygen atoms in total. The predicted octanol–water partition coefficient (Wildman–Crippen LogP) is 2.37. The van der Waals surface area contributed by atoms with E-state index >= 15 is 0 Å². The fourth-order valence-corrected chi connectivity index (χ4v) is 2.46. The van der Waals surface area contributed by atoms with Crippen molar-refractivity contribution in [3.8, 4) is 11.4 Å². The number of nitrogens with one attached hydrogen (secondary N) is 2. The van der Waals surface area contributed by atoms with Crippen LogP contribution < -0.4 is 16.0 Å². The summed E-state index contributed by atoms with van der Waals surface area (Å²) in [5, 5.41) is 23.7. The molecule has 0 unspecified atom stereocenters. The van der Waals surface area contributed by atoms with Gasteiger partial charge in [0, 0.05) is 30.8 Å². The molecule has 0 radical (unpaired) electrons. The summed E-state index contributed by atoms with van der Waals surface area (Å²) in [6, 6.07) is 2.14. The molecule has 3 rings (SSSR count). The summed E-state index contributed by atoms with van der Waals surface area (Å²) in [6.45, 7) is 3.21. The fourth-order valence-electron chi connectivity index (χ4n) is 2.46. The first-order valence-corrected chi connectivity index (χ1v) is 9.38. The molecule has 0 atom stereocenters. The minimum Gasteiger partial charge on any atom is -0.475 e. The number of aromatic nitrogens is 4. The molecule has 36 heavy (non-hydrogen) atoms. The highest BCUT2D eigenvalue weighted by Crippen LogP contribution is 2.30. The van der Waals surface area contributed by atoms with Crippen LogP contribution in [0.2, 0.25) is 0 Å². The van der Waals surface area contributed by atoms with E-state index < -0.39 is 30.7 Å². The molecule has 0 amide bonds. The molecule has 3 heterocycles. The molecule has 1 fully saturated rings. The Morgan fingerprint density at radius 2 is 1.58 bits per heavy atom. The monoisotopic (exact) mass is 537 g/mol. The first-order chi connectivity index (χ1) is 16.4. The quantitative estimate of drug-likeness (QED) is 0.365. The smallest absolute Gasteiger partial charge is 0.475 e. The van der Waals surface area contributed by atoms with Gasteiger partial charge in [-0.05, 0) is 14.0 Å². The predicted molar refractivity (Wildman–Crippen MR) is 106 cm³/mol. The molecule has 1 saturated heterocycles. The van der Waals surface area contributed by atoms with Crippen LogP contribution in [-0.4, -0.2) is 80.8 Å². The van der Waals surface area contributed by atoms with E-state index in [9.17, 15) is 35.1 Å². The number of H-pyrrole nitrogens is 1. The van der Waals surface area contributed by atoms with E-state index in [4.69, 9.17) is 25.5 Å². The topological polar surface area (TPSA) is 170 Å². The lowest BCUT2D eigenvalue weighted by Gasteiger charge is -2.40. The second-order valence-corrected chi connectivity index (χ2v) is 6.88. The summed E-state index contributed by atoms with van der Waals surface area (Å²) in [4.78, 5) is 28.1. The van der Waals surface area contributed by atoms with Crippen molar-refractivity contribution in [1.82, 2.24) is 25.5 Å². The van der Waals surface area contributed by atoms with Crippen molar-refractivity contribution in [3.05, 3.63) is 17.3 Å². The van der Waals surface area contributed by atoms with Crippen LogP contribution in [0.4, 0.5) is 46.9 Å². The second kappa shape index (κ2) is 11.8. The SMILES string of the molecule is CNC1CN(c2cc(-c3n[nH]c(C(F)F)c3C)nc(N)n2)C1.O=C(O)C(F)(F)F.O=C(O)C(F)(F)F. The molecule has 0 bridgehead atoms. The minimum absolute atomic E-state index is 0.0985. The number of aromatic amines is 1. The van der Waals surface area contributed by atoms with E-state index in [-0.39, 0.29) is 11.6 Å². The van der Waals surface area contributed by atoms with Gasteiger partial charge in [-0.15, -0.1) is 0 Å². The number of nitrogens with zero attached hydrogens (tertiary/aromatic N) is 4. The molecular formula is C17H19F8N7O4. The Bertz CT molecular complexity index is 1030. The average Bonchev–Trinajstić information content (AvgIpc) is 3.08. The third-order valence-corrected chi connectivity index (χ3v) is 4.34. The van der Waals surface area contributed by atoms with Crippen LogP contribution in [0.25, 0.3) is 11.4 Å². The van der Waals surface area contributed by atoms with Gasteiger partial charge >= 0.3 is 24.3 Å². The number of anilines is 2. The van der Waals surface area contributed by atoms with Crippen LogP contribution in [0.15, 0.2) is 6.07 Å². The molecule has 0 saturated carbocycles. The second-order valence-electron chi connectivity index (χ2n) is 6.88. The van der Waals surface area contributed by atoms with Crippen molar-refractivity contribution in [2.24, 2.45) is 0 Å². The molecule has 19 heteroatoms. The molecule has 202 valence electrons. The Morgan fingerprint density at radius 1 is 1.11 bits per heavy atom. The molecule has 6 N–H and O–H groups in total. The Hall–Kier alpha value is -3.77. The van der Waals surface area contributed by atoms with Gasteiger partial charge in [-0.3, -0.25) is 5.10 Å². The van der Waals surface area contributed by atoms with E-state index in [2.05, 4.69) is 25.5 Å². The van der Waals surface area contributed by atoms with Crippen LogP contribution in [-0.2, 0) is 9.59 Å². The first kappa shape index (κ1) is 30.3. The zero-order valence-corrected chi connectivity index (χ0v) is 18.2. The maximum absolute atomic E-state index is 12.8. The number of carboxylic acid groups (broad SMARTS) is 2. The van der Waals surface area contributed by atoms with Crippen molar-refractivity contribution in [2.75, 3.05) is 30.8 Å². The molecule has 2 aromatic heterocycles. The van der Waals surface area contributed by atoms with Crippen LogP contribution in [0, 0.1) is 6.92 Å². The highest BCUT2D eigenvalue weighted by molar-refractivity contribution is 5.73. The van der Waals surface area contributed by atoms with Gasteiger partial charge in [0.1, 0.15) is 17.2 Å². The minimum atomic E-state index is -5.08. The number of hydrogen-bond donors (Lipinski definition) is 5. The number of halogens is 8. The van der Waals surface area contributed by atoms with E-state index in [0.29, 0.717) is 28.8 Å². The van der Waals surface area contributed by atoms with Crippen LogP contribution in [0.1, 0.15) is 17.7 Å². The Kier molecular flexibility index (Phi) is 9.90. The maximum atomic E-state index is 12.8. The van der Waals surface area contributed by atoms with Crippen molar-refractivity contribution >= 4 is 23.7 Å². The highest BCUT2D eigenvalue weighted by Gasteiger charge is 2.38. The summed E-state index contributed by atoms with van der Waals surface area (Å²) >= 11 is 0. The molecular weight excluding hydrogens is 518 g/mol. The number of likely N-dealkylation sites (N-methyl/N-ethyl adjacent to an activating group) is 1. The van der Waals surface area contributed by atoms with Crippen LogP contribution in [0.3, 0.4) is 0 Å². The zero-order valence-electron chi connectivity index (χ0n) is 18.2. The number of rotatable bonds is 4. The van der Waals surface area contributed by atoms with Gasteiger partial charge in [-0.25, -0.2) is 23.4 Å². The number of carbonyl (C=O) groups is 2. The highest BCUT2D eigenvalue weighted by atomic mass is 19.4. The molecule has 0 aromatic carbocycles. The number of nitrogens with two attached hydrogens (primary N) is 1. The maximum Gasteiger partial charge on any atom is 0.490 e. The molecule has 0 aliphatic carbocycles. The number of nitrogen functional groups attached to an aromatic ring is 1.